The van der Waals surface area contributed by atoms with Crippen LogP contribution in [0.5, 0.6) is 0 Å². The van der Waals surface area contributed by atoms with Crippen LogP contribution in [-0.4, -0.2) is 27.4 Å². The molecule has 0 heterocycles. The summed E-state index contributed by atoms with van der Waals surface area (Å²) in [6.45, 7) is -0.0534. The van der Waals surface area contributed by atoms with E-state index in [1.165, 1.54) is 49.6 Å². The van der Waals surface area contributed by atoms with Gasteiger partial charge in [-0.3, -0.25) is 0 Å². The van der Waals surface area contributed by atoms with Gasteiger partial charge in [0.05, 0.1) is 22.8 Å². The molecule has 1 fully saturated rings. The number of nitriles is 1. The Balaban J connectivity index is 2.09. The molecule has 0 bridgehead atoms. The molecule has 2 aromatic carbocycles. The second-order valence-electron chi connectivity index (χ2n) is 6.04. The van der Waals surface area contributed by atoms with Crippen LogP contribution in [0, 0.1) is 22.6 Å². The second-order valence-corrected chi connectivity index (χ2v) is 8.54. The van der Waals surface area contributed by atoms with Gasteiger partial charge in [0.1, 0.15) is 11.2 Å². The summed E-state index contributed by atoms with van der Waals surface area (Å²) in [5, 5.41) is 9.11. The molecular formula is C18H15ClFNO3S. The fourth-order valence-electron chi connectivity index (χ4n) is 3.38. The fourth-order valence-corrected chi connectivity index (χ4v) is 5.82. The Morgan fingerprint density at radius 2 is 1.96 bits per heavy atom. The van der Waals surface area contributed by atoms with Crippen molar-refractivity contribution in [3.63, 3.8) is 0 Å². The third kappa shape index (κ3) is 2.93. The smallest absolute Gasteiger partial charge is 0.183 e. The van der Waals surface area contributed by atoms with Crippen molar-refractivity contribution < 1.29 is 17.5 Å². The van der Waals surface area contributed by atoms with E-state index in [2.05, 4.69) is 6.07 Å². The Kier molecular flexibility index (Phi) is 4.58. The molecular weight excluding hydrogens is 365 g/mol. The zero-order valence-electron chi connectivity index (χ0n) is 13.3. The molecule has 0 amide bonds. The average Bonchev–Trinajstić information content (AvgIpc) is 3.26. The number of halogens is 2. The highest BCUT2D eigenvalue weighted by Gasteiger charge is 2.72. The molecule has 2 aromatic rings. The average molecular weight is 380 g/mol. The summed E-state index contributed by atoms with van der Waals surface area (Å²) in [5.74, 6) is -1.13. The largest absolute Gasteiger partial charge is 0.383 e. The minimum absolute atomic E-state index is 0.0534. The lowest BCUT2D eigenvalue weighted by atomic mass is 10.0. The molecule has 130 valence electrons. The van der Waals surface area contributed by atoms with Crippen LogP contribution in [0.1, 0.15) is 11.5 Å². The van der Waals surface area contributed by atoms with E-state index in [0.29, 0.717) is 10.6 Å². The van der Waals surface area contributed by atoms with E-state index in [0.717, 1.165) is 0 Å². The standard InChI is InChI=1S/C18H15ClFNO3S/c1-24-11-18(10-21)16(12-3-2-4-14(20)9-12)17(18)25(22,23)15-7-5-13(19)6-8-15/h2-9,16-17H,11H2,1H3/t16-,17-,18-/m0/s1. The topological polar surface area (TPSA) is 67.2 Å². The Bertz CT molecular complexity index is 940. The van der Waals surface area contributed by atoms with Crippen LogP contribution in [0.15, 0.2) is 53.4 Å². The Labute approximate surface area is 150 Å². The van der Waals surface area contributed by atoms with Crippen molar-refractivity contribution in [1.29, 1.82) is 5.26 Å². The molecule has 25 heavy (non-hydrogen) atoms. The first-order valence-electron chi connectivity index (χ1n) is 7.52. The van der Waals surface area contributed by atoms with E-state index in [1.54, 1.807) is 6.07 Å². The molecule has 0 saturated heterocycles. The molecule has 1 aliphatic carbocycles. The van der Waals surface area contributed by atoms with Crippen LogP contribution in [-0.2, 0) is 14.6 Å². The van der Waals surface area contributed by atoms with E-state index >= 15 is 0 Å². The molecule has 3 rings (SSSR count). The van der Waals surface area contributed by atoms with Crippen LogP contribution in [0.4, 0.5) is 4.39 Å². The molecule has 0 aliphatic heterocycles. The fraction of sp³-hybridized carbons (Fsp3) is 0.278. The number of rotatable bonds is 5. The summed E-state index contributed by atoms with van der Waals surface area (Å²) >= 11 is 5.82. The van der Waals surface area contributed by atoms with E-state index in [-0.39, 0.29) is 11.5 Å². The maximum Gasteiger partial charge on any atom is 0.183 e. The summed E-state index contributed by atoms with van der Waals surface area (Å²) in [5.41, 5.74) is -0.776. The van der Waals surface area contributed by atoms with Crippen LogP contribution in [0.25, 0.3) is 0 Å². The predicted molar refractivity (Wildman–Crippen MR) is 91.5 cm³/mol. The van der Waals surface area contributed by atoms with E-state index < -0.39 is 32.2 Å². The number of hydrogen-bond acceptors (Lipinski definition) is 4. The van der Waals surface area contributed by atoms with Gasteiger partial charge in [0.15, 0.2) is 9.84 Å². The number of methoxy groups -OCH3 is 1. The molecule has 4 nitrogen and oxygen atoms in total. The van der Waals surface area contributed by atoms with Crippen molar-refractivity contribution in [2.75, 3.05) is 13.7 Å². The van der Waals surface area contributed by atoms with Crippen LogP contribution in [0.2, 0.25) is 5.02 Å². The molecule has 0 aromatic heterocycles. The van der Waals surface area contributed by atoms with Crippen LogP contribution < -0.4 is 0 Å². The van der Waals surface area contributed by atoms with Gasteiger partial charge in [-0.15, -0.1) is 0 Å². The number of hydrogen-bond donors (Lipinski definition) is 0. The first-order valence-corrected chi connectivity index (χ1v) is 9.44. The van der Waals surface area contributed by atoms with Gasteiger partial charge in [-0.2, -0.15) is 5.26 Å². The monoisotopic (exact) mass is 379 g/mol. The second kappa shape index (κ2) is 6.41. The van der Waals surface area contributed by atoms with Gasteiger partial charge in [0.25, 0.3) is 0 Å². The van der Waals surface area contributed by atoms with Crippen molar-refractivity contribution in [2.24, 2.45) is 5.41 Å². The molecule has 1 aliphatic rings. The van der Waals surface area contributed by atoms with Gasteiger partial charge in [-0.05, 0) is 42.0 Å². The highest BCUT2D eigenvalue weighted by atomic mass is 35.5. The molecule has 7 heteroatoms. The Hall–Kier alpha value is -1.94. The van der Waals surface area contributed by atoms with Gasteiger partial charge in [-0.1, -0.05) is 23.7 Å². The summed E-state index contributed by atoms with van der Waals surface area (Å²) in [4.78, 5) is 0.0801. The number of nitrogens with zero attached hydrogens (tertiary/aromatic N) is 1. The van der Waals surface area contributed by atoms with Gasteiger partial charge in [0, 0.05) is 18.1 Å². The Morgan fingerprint density at radius 1 is 1.28 bits per heavy atom. The van der Waals surface area contributed by atoms with Gasteiger partial charge in [-0.25, -0.2) is 12.8 Å². The first-order chi connectivity index (χ1) is 11.9. The van der Waals surface area contributed by atoms with Crippen molar-refractivity contribution in [3.05, 3.63) is 64.9 Å². The van der Waals surface area contributed by atoms with Crippen molar-refractivity contribution >= 4 is 21.4 Å². The number of ether oxygens (including phenoxy) is 1. The Morgan fingerprint density at radius 3 is 2.52 bits per heavy atom. The highest BCUT2D eigenvalue weighted by molar-refractivity contribution is 7.92. The lowest BCUT2D eigenvalue weighted by molar-refractivity contribution is 0.162. The predicted octanol–water partition coefficient (Wildman–Crippen LogP) is 3.58. The zero-order chi connectivity index (χ0) is 18.2. The third-order valence-corrected chi connectivity index (χ3v) is 7.07. The third-order valence-electron chi connectivity index (χ3n) is 4.53. The number of sulfone groups is 1. The van der Waals surface area contributed by atoms with Crippen molar-refractivity contribution in [1.82, 2.24) is 0 Å². The molecule has 0 N–H and O–H groups in total. The van der Waals surface area contributed by atoms with E-state index in [4.69, 9.17) is 16.3 Å². The van der Waals surface area contributed by atoms with Crippen molar-refractivity contribution in [2.45, 2.75) is 16.1 Å². The van der Waals surface area contributed by atoms with Gasteiger partial charge < -0.3 is 4.74 Å². The lowest BCUT2D eigenvalue weighted by Crippen LogP contribution is -2.19. The van der Waals surface area contributed by atoms with Crippen LogP contribution in [0.3, 0.4) is 0 Å². The molecule has 1 saturated carbocycles. The van der Waals surface area contributed by atoms with Crippen molar-refractivity contribution in [3.8, 4) is 6.07 Å². The van der Waals surface area contributed by atoms with E-state index in [9.17, 15) is 18.1 Å². The maximum atomic E-state index is 13.6. The summed E-state index contributed by atoms with van der Waals surface area (Å²) in [6.07, 6.45) is 0. The quantitative estimate of drug-likeness (QED) is 0.796. The maximum absolute atomic E-state index is 13.6. The first kappa shape index (κ1) is 17.9. The molecule has 3 atom stereocenters. The minimum atomic E-state index is -3.82. The van der Waals surface area contributed by atoms with Crippen LogP contribution >= 0.6 is 11.6 Å². The SMILES string of the molecule is COC[C@@]1(C#N)[C@@H](c2cccc(F)c2)[C@@H]1S(=O)(=O)c1ccc(Cl)cc1. The molecule has 0 unspecified atom stereocenters. The summed E-state index contributed by atoms with van der Waals surface area (Å²) in [7, 11) is -2.41. The lowest BCUT2D eigenvalue weighted by Gasteiger charge is -2.08. The summed E-state index contributed by atoms with van der Waals surface area (Å²) in [6, 6.07) is 13.6. The molecule has 0 radical (unpaired) electrons. The summed E-state index contributed by atoms with van der Waals surface area (Å²) < 4.78 is 44.9. The molecule has 0 spiro atoms. The zero-order valence-corrected chi connectivity index (χ0v) is 14.9. The highest BCUT2D eigenvalue weighted by Crippen LogP contribution is 2.63. The minimum Gasteiger partial charge on any atom is -0.383 e. The van der Waals surface area contributed by atoms with E-state index in [1.807, 2.05) is 0 Å². The van der Waals surface area contributed by atoms with Gasteiger partial charge >= 0.3 is 0 Å². The normalized spacial score (nSPS) is 25.4. The van der Waals surface area contributed by atoms with Gasteiger partial charge in [0.2, 0.25) is 0 Å². The number of benzene rings is 2.